The number of rotatable bonds is 8. The number of anilines is 2. The summed E-state index contributed by atoms with van der Waals surface area (Å²) >= 11 is 0. The molecular formula is C23H25N3O3. The molecule has 1 aromatic heterocycles. The number of hydrogen-bond acceptors (Lipinski definition) is 5. The number of aromatic nitrogens is 1. The predicted octanol–water partition coefficient (Wildman–Crippen LogP) is 4.74. The molecule has 3 aromatic rings. The Balaban J connectivity index is 1.63. The van der Waals surface area contributed by atoms with E-state index < -0.39 is 0 Å². The lowest BCUT2D eigenvalue weighted by Gasteiger charge is -2.12. The van der Waals surface area contributed by atoms with Crippen LogP contribution in [0.3, 0.4) is 0 Å². The van der Waals surface area contributed by atoms with Gasteiger partial charge in [-0.1, -0.05) is 18.2 Å². The molecule has 1 amide bonds. The molecule has 0 atom stereocenters. The Morgan fingerprint density at radius 1 is 1.07 bits per heavy atom. The first-order valence-electron chi connectivity index (χ1n) is 9.45. The maximum atomic E-state index is 12.6. The minimum atomic E-state index is -0.203. The van der Waals surface area contributed by atoms with E-state index in [1.165, 1.54) is 0 Å². The van der Waals surface area contributed by atoms with E-state index in [0.717, 1.165) is 17.1 Å². The van der Waals surface area contributed by atoms with Gasteiger partial charge in [-0.3, -0.25) is 4.79 Å². The third kappa shape index (κ3) is 5.72. The molecule has 1 heterocycles. The average Bonchev–Trinajstić information content (AvgIpc) is 2.73. The van der Waals surface area contributed by atoms with Gasteiger partial charge in [-0.25, -0.2) is 4.98 Å². The number of pyridine rings is 1. The monoisotopic (exact) mass is 391 g/mol. The van der Waals surface area contributed by atoms with Crippen molar-refractivity contribution in [3.05, 3.63) is 78.0 Å². The van der Waals surface area contributed by atoms with Gasteiger partial charge < -0.3 is 20.1 Å². The highest BCUT2D eigenvalue weighted by Gasteiger charge is 2.09. The number of nitrogens with zero attached hydrogens (tertiary/aromatic N) is 1. The standard InChI is InChI=1S/C23H25N3O3/c1-16(2)29-20-10-8-19(9-11-20)26-23(27)17-12-13-24-22(14-17)25-15-18-6-4-5-7-21(18)28-3/h4-14,16H,15H2,1-3H3,(H,24,25)(H,26,27). The number of benzene rings is 2. The summed E-state index contributed by atoms with van der Waals surface area (Å²) in [6, 6.07) is 18.5. The number of hydrogen-bond donors (Lipinski definition) is 2. The molecule has 0 saturated carbocycles. The number of ether oxygens (including phenoxy) is 2. The number of carbonyl (C=O) groups excluding carboxylic acids is 1. The maximum absolute atomic E-state index is 12.6. The second kappa shape index (κ2) is 9.59. The van der Waals surface area contributed by atoms with Crippen molar-refractivity contribution in [1.29, 1.82) is 0 Å². The largest absolute Gasteiger partial charge is 0.496 e. The molecule has 2 aromatic carbocycles. The molecule has 0 bridgehead atoms. The van der Waals surface area contributed by atoms with Gasteiger partial charge in [0.1, 0.15) is 17.3 Å². The van der Waals surface area contributed by atoms with Gasteiger partial charge in [-0.2, -0.15) is 0 Å². The van der Waals surface area contributed by atoms with Gasteiger partial charge in [0.15, 0.2) is 0 Å². The third-order valence-corrected chi connectivity index (χ3v) is 4.16. The van der Waals surface area contributed by atoms with Crippen molar-refractivity contribution in [3.8, 4) is 11.5 Å². The molecule has 29 heavy (non-hydrogen) atoms. The van der Waals surface area contributed by atoms with Gasteiger partial charge in [0, 0.05) is 29.6 Å². The fourth-order valence-corrected chi connectivity index (χ4v) is 2.80. The highest BCUT2D eigenvalue weighted by molar-refractivity contribution is 6.04. The zero-order valence-corrected chi connectivity index (χ0v) is 16.8. The zero-order chi connectivity index (χ0) is 20.6. The normalized spacial score (nSPS) is 10.5. The Labute approximate surface area is 170 Å². The van der Waals surface area contributed by atoms with Crippen molar-refractivity contribution in [3.63, 3.8) is 0 Å². The molecule has 2 N–H and O–H groups in total. The van der Waals surface area contributed by atoms with E-state index in [2.05, 4.69) is 15.6 Å². The number of para-hydroxylation sites is 1. The van der Waals surface area contributed by atoms with Crippen LogP contribution in [0.25, 0.3) is 0 Å². The van der Waals surface area contributed by atoms with E-state index in [1.54, 1.807) is 25.4 Å². The Kier molecular flexibility index (Phi) is 6.68. The first-order valence-corrected chi connectivity index (χ1v) is 9.45. The van der Waals surface area contributed by atoms with Crippen LogP contribution in [0.4, 0.5) is 11.5 Å². The summed E-state index contributed by atoms with van der Waals surface area (Å²) in [4.78, 5) is 16.9. The molecule has 0 saturated heterocycles. The molecule has 150 valence electrons. The van der Waals surface area contributed by atoms with E-state index in [-0.39, 0.29) is 12.0 Å². The van der Waals surface area contributed by atoms with Crippen LogP contribution in [-0.2, 0) is 6.54 Å². The summed E-state index contributed by atoms with van der Waals surface area (Å²) in [6.45, 7) is 4.48. The minimum absolute atomic E-state index is 0.106. The molecule has 0 unspecified atom stereocenters. The third-order valence-electron chi connectivity index (χ3n) is 4.16. The van der Waals surface area contributed by atoms with Crippen LogP contribution in [0.15, 0.2) is 66.9 Å². The molecule has 0 aliphatic rings. The highest BCUT2D eigenvalue weighted by Crippen LogP contribution is 2.20. The first kappa shape index (κ1) is 20.2. The molecule has 0 radical (unpaired) electrons. The van der Waals surface area contributed by atoms with Crippen LogP contribution in [0.1, 0.15) is 29.8 Å². The molecule has 0 aliphatic heterocycles. The SMILES string of the molecule is COc1ccccc1CNc1cc(C(=O)Nc2ccc(OC(C)C)cc2)ccn1. The lowest BCUT2D eigenvalue weighted by atomic mass is 10.2. The van der Waals surface area contributed by atoms with Crippen LogP contribution in [0.2, 0.25) is 0 Å². The molecular weight excluding hydrogens is 366 g/mol. The number of carbonyl (C=O) groups is 1. The molecule has 0 spiro atoms. The van der Waals surface area contributed by atoms with Crippen molar-refractivity contribution < 1.29 is 14.3 Å². The van der Waals surface area contributed by atoms with Crippen molar-refractivity contribution in [2.24, 2.45) is 0 Å². The van der Waals surface area contributed by atoms with Crippen LogP contribution in [0.5, 0.6) is 11.5 Å². The van der Waals surface area contributed by atoms with Gasteiger partial charge in [0.25, 0.3) is 5.91 Å². The highest BCUT2D eigenvalue weighted by atomic mass is 16.5. The van der Waals surface area contributed by atoms with Crippen molar-refractivity contribution >= 4 is 17.4 Å². The number of nitrogens with one attached hydrogen (secondary N) is 2. The van der Waals surface area contributed by atoms with Crippen LogP contribution in [0, 0.1) is 0 Å². The van der Waals surface area contributed by atoms with Crippen LogP contribution >= 0.6 is 0 Å². The van der Waals surface area contributed by atoms with Crippen molar-refractivity contribution in [2.45, 2.75) is 26.5 Å². The quantitative estimate of drug-likeness (QED) is 0.580. The first-order chi connectivity index (χ1) is 14.0. The van der Waals surface area contributed by atoms with Crippen molar-refractivity contribution in [2.75, 3.05) is 17.7 Å². The molecule has 6 nitrogen and oxygen atoms in total. The van der Waals surface area contributed by atoms with Crippen molar-refractivity contribution in [1.82, 2.24) is 4.98 Å². The fraction of sp³-hybridized carbons (Fsp3) is 0.217. The number of amides is 1. The Bertz CT molecular complexity index is 956. The average molecular weight is 391 g/mol. The molecule has 0 fully saturated rings. The summed E-state index contributed by atoms with van der Waals surface area (Å²) in [7, 11) is 1.64. The Hall–Kier alpha value is -3.54. The topological polar surface area (TPSA) is 72.5 Å². The summed E-state index contributed by atoms with van der Waals surface area (Å²) in [5.74, 6) is 1.98. The second-order valence-corrected chi connectivity index (χ2v) is 6.74. The summed E-state index contributed by atoms with van der Waals surface area (Å²) < 4.78 is 11.0. The smallest absolute Gasteiger partial charge is 0.255 e. The van der Waals surface area contributed by atoms with E-state index in [9.17, 15) is 4.79 Å². The maximum Gasteiger partial charge on any atom is 0.255 e. The predicted molar refractivity (Wildman–Crippen MR) is 115 cm³/mol. The van der Waals surface area contributed by atoms with E-state index in [1.807, 2.05) is 62.4 Å². The van der Waals surface area contributed by atoms with E-state index in [4.69, 9.17) is 9.47 Å². The van der Waals surface area contributed by atoms with Gasteiger partial charge in [-0.15, -0.1) is 0 Å². The molecule has 0 aliphatic carbocycles. The van der Waals surface area contributed by atoms with Crippen LogP contribution in [-0.4, -0.2) is 24.1 Å². The molecule has 6 heteroatoms. The second-order valence-electron chi connectivity index (χ2n) is 6.74. The zero-order valence-electron chi connectivity index (χ0n) is 16.8. The Morgan fingerprint density at radius 3 is 2.55 bits per heavy atom. The van der Waals surface area contributed by atoms with Crippen LogP contribution < -0.4 is 20.1 Å². The summed E-state index contributed by atoms with van der Waals surface area (Å²) in [5.41, 5.74) is 2.23. The van der Waals surface area contributed by atoms with Gasteiger partial charge in [-0.05, 0) is 56.3 Å². The Morgan fingerprint density at radius 2 is 1.83 bits per heavy atom. The van der Waals surface area contributed by atoms with Gasteiger partial charge in [0.2, 0.25) is 0 Å². The lowest BCUT2D eigenvalue weighted by molar-refractivity contribution is 0.102. The fourth-order valence-electron chi connectivity index (χ4n) is 2.80. The summed E-state index contributed by atoms with van der Waals surface area (Å²) in [6.07, 6.45) is 1.72. The minimum Gasteiger partial charge on any atom is -0.496 e. The van der Waals surface area contributed by atoms with Gasteiger partial charge >= 0.3 is 0 Å². The molecule has 3 rings (SSSR count). The van der Waals surface area contributed by atoms with E-state index >= 15 is 0 Å². The van der Waals surface area contributed by atoms with Gasteiger partial charge in [0.05, 0.1) is 13.2 Å². The summed E-state index contributed by atoms with van der Waals surface area (Å²) in [5, 5.41) is 6.12. The van der Waals surface area contributed by atoms with E-state index in [0.29, 0.717) is 23.6 Å². The lowest BCUT2D eigenvalue weighted by Crippen LogP contribution is -2.13. The number of methoxy groups -OCH3 is 1.